The van der Waals surface area contributed by atoms with E-state index in [4.69, 9.17) is 0 Å². The number of halogens is 1. The number of aromatic nitrogens is 3. The number of nitrogens with zero attached hydrogens (tertiary/aromatic N) is 3. The minimum absolute atomic E-state index is 0.0463. The van der Waals surface area contributed by atoms with Gasteiger partial charge in [0, 0.05) is 11.6 Å². The van der Waals surface area contributed by atoms with Crippen molar-refractivity contribution in [2.24, 2.45) is 0 Å². The first-order chi connectivity index (χ1) is 7.63. The minimum Gasteiger partial charge on any atom is -0.351 e. The van der Waals surface area contributed by atoms with E-state index in [1.807, 2.05) is 0 Å². The molecule has 0 atom stereocenters. The van der Waals surface area contributed by atoms with Crippen LogP contribution in [0, 0.1) is 6.08 Å². The van der Waals surface area contributed by atoms with Gasteiger partial charge < -0.3 is 10.6 Å². The van der Waals surface area contributed by atoms with Gasteiger partial charge in [0.1, 0.15) is 0 Å². The maximum absolute atomic E-state index is 13.2. The Balaban J connectivity index is 1.77. The lowest BCUT2D eigenvalue weighted by Crippen LogP contribution is -2.20. The van der Waals surface area contributed by atoms with Crippen molar-refractivity contribution < 1.29 is 4.39 Å². The van der Waals surface area contributed by atoms with Crippen molar-refractivity contribution in [3.63, 3.8) is 0 Å². The smallest absolute Gasteiger partial charge is 0.315 e. The number of hydrogen-bond donors (Lipinski definition) is 2. The zero-order chi connectivity index (χ0) is 11.2. The van der Waals surface area contributed by atoms with Gasteiger partial charge in [0.25, 0.3) is 0 Å². The summed E-state index contributed by atoms with van der Waals surface area (Å²) >= 11 is 0. The first kappa shape index (κ1) is 9.74. The van der Waals surface area contributed by atoms with Crippen LogP contribution in [0.25, 0.3) is 0 Å². The second-order valence-electron chi connectivity index (χ2n) is 4.86. The van der Waals surface area contributed by atoms with Crippen molar-refractivity contribution in [1.29, 1.82) is 0 Å². The quantitative estimate of drug-likeness (QED) is 0.810. The molecule has 0 amide bonds. The van der Waals surface area contributed by atoms with Crippen LogP contribution in [0.1, 0.15) is 32.6 Å². The Morgan fingerprint density at radius 3 is 2.50 bits per heavy atom. The highest BCUT2D eigenvalue weighted by Gasteiger charge is 2.38. The third kappa shape index (κ3) is 2.20. The maximum Gasteiger partial charge on any atom is 0.315 e. The Bertz CT molecular complexity index is 414. The summed E-state index contributed by atoms with van der Waals surface area (Å²) < 4.78 is 13.2. The molecule has 86 valence electrons. The summed E-state index contributed by atoms with van der Waals surface area (Å²) in [5.41, 5.74) is 0.0463. The Kier molecular flexibility index (Phi) is 1.99. The van der Waals surface area contributed by atoms with Crippen molar-refractivity contribution in [3.05, 3.63) is 6.08 Å². The molecule has 1 aromatic heterocycles. The molecule has 16 heavy (non-hydrogen) atoms. The first-order valence-corrected chi connectivity index (χ1v) is 5.59. The molecular weight excluding hydrogens is 209 g/mol. The Labute approximate surface area is 92.9 Å². The zero-order valence-electron chi connectivity index (χ0n) is 9.13. The third-order valence-electron chi connectivity index (χ3n) is 2.93. The Morgan fingerprint density at radius 2 is 1.88 bits per heavy atom. The van der Waals surface area contributed by atoms with Crippen molar-refractivity contribution in [1.82, 2.24) is 15.0 Å². The van der Waals surface area contributed by atoms with Crippen molar-refractivity contribution in [2.45, 2.75) is 44.2 Å². The van der Waals surface area contributed by atoms with E-state index in [0.717, 1.165) is 25.7 Å². The Hall–Kier alpha value is -1.46. The highest BCUT2D eigenvalue weighted by Crippen LogP contribution is 2.37. The van der Waals surface area contributed by atoms with Gasteiger partial charge in [0.05, 0.1) is 0 Å². The van der Waals surface area contributed by atoms with Gasteiger partial charge in [-0.2, -0.15) is 19.3 Å². The van der Waals surface area contributed by atoms with Gasteiger partial charge in [-0.15, -0.1) is 0 Å². The molecule has 0 saturated heterocycles. The average molecular weight is 223 g/mol. The number of hydrogen-bond acceptors (Lipinski definition) is 5. The number of rotatable bonds is 4. The molecule has 1 heterocycles. The maximum atomic E-state index is 13.2. The number of anilines is 2. The topological polar surface area (TPSA) is 62.7 Å². The summed E-state index contributed by atoms with van der Waals surface area (Å²) in [7, 11) is 0. The van der Waals surface area contributed by atoms with E-state index in [1.54, 1.807) is 0 Å². The molecule has 2 saturated carbocycles. The monoisotopic (exact) mass is 223 g/mol. The summed E-state index contributed by atoms with van der Waals surface area (Å²) in [5, 5.41) is 6.19. The van der Waals surface area contributed by atoms with Crippen LogP contribution in [0.15, 0.2) is 0 Å². The normalized spacial score (nSPS) is 21.6. The largest absolute Gasteiger partial charge is 0.351 e. The molecule has 0 aromatic carbocycles. The summed E-state index contributed by atoms with van der Waals surface area (Å²) in [6, 6.07) is 0.408. The van der Waals surface area contributed by atoms with Crippen LogP contribution >= 0.6 is 0 Å². The van der Waals surface area contributed by atoms with Crippen LogP contribution < -0.4 is 10.6 Å². The summed E-state index contributed by atoms with van der Waals surface area (Å²) in [5.74, 6) is 0.664. The fourth-order valence-corrected chi connectivity index (χ4v) is 1.46. The van der Waals surface area contributed by atoms with Crippen LogP contribution in [0.5, 0.6) is 0 Å². The molecule has 0 aliphatic heterocycles. The summed E-state index contributed by atoms with van der Waals surface area (Å²) in [6.07, 6.45) is 3.63. The molecule has 2 aliphatic rings. The molecule has 1 aromatic rings. The molecular formula is C10H14FN5. The minimum atomic E-state index is -0.732. The average Bonchev–Trinajstić information content (AvgIpc) is 3.05. The predicted octanol–water partition coefficient (Wildman–Crippen LogP) is 1.55. The second-order valence-corrected chi connectivity index (χ2v) is 4.86. The van der Waals surface area contributed by atoms with Gasteiger partial charge >= 0.3 is 6.08 Å². The van der Waals surface area contributed by atoms with E-state index in [0.29, 0.717) is 17.9 Å². The summed E-state index contributed by atoms with van der Waals surface area (Å²) in [6.45, 7) is 2.07. The van der Waals surface area contributed by atoms with E-state index in [1.165, 1.54) is 0 Å². The fraction of sp³-hybridized carbons (Fsp3) is 0.700. The van der Waals surface area contributed by atoms with Crippen LogP contribution in [-0.2, 0) is 0 Å². The van der Waals surface area contributed by atoms with E-state index in [9.17, 15) is 4.39 Å². The van der Waals surface area contributed by atoms with Crippen molar-refractivity contribution >= 4 is 11.9 Å². The molecule has 5 nitrogen and oxygen atoms in total. The molecule has 0 bridgehead atoms. The van der Waals surface area contributed by atoms with Gasteiger partial charge in [-0.1, -0.05) is 0 Å². The first-order valence-electron chi connectivity index (χ1n) is 5.59. The molecule has 2 aliphatic carbocycles. The lowest BCUT2D eigenvalue weighted by Gasteiger charge is -2.11. The SMILES string of the molecule is CC1(Nc2nc(F)nc(NC3CC3)n2)CC1. The molecule has 0 radical (unpaired) electrons. The van der Waals surface area contributed by atoms with Gasteiger partial charge in [0.2, 0.25) is 11.9 Å². The molecule has 2 fully saturated rings. The van der Waals surface area contributed by atoms with Crippen LogP contribution in [0.4, 0.5) is 16.3 Å². The van der Waals surface area contributed by atoms with Crippen molar-refractivity contribution in [2.75, 3.05) is 10.6 Å². The molecule has 0 spiro atoms. The second kappa shape index (κ2) is 3.26. The van der Waals surface area contributed by atoms with E-state index >= 15 is 0 Å². The van der Waals surface area contributed by atoms with E-state index < -0.39 is 6.08 Å². The van der Waals surface area contributed by atoms with Crippen LogP contribution in [-0.4, -0.2) is 26.5 Å². The molecule has 0 unspecified atom stereocenters. The van der Waals surface area contributed by atoms with E-state index in [2.05, 4.69) is 32.5 Å². The van der Waals surface area contributed by atoms with Gasteiger partial charge in [-0.25, -0.2) is 0 Å². The molecule has 2 N–H and O–H groups in total. The standard InChI is InChI=1S/C10H14FN5/c1-10(4-5-10)16-9-14-7(11)13-8(15-9)12-6-2-3-6/h6H,2-5H2,1H3,(H2,12,13,14,15,16). The highest BCUT2D eigenvalue weighted by molar-refractivity contribution is 5.38. The summed E-state index contributed by atoms with van der Waals surface area (Å²) in [4.78, 5) is 11.4. The van der Waals surface area contributed by atoms with E-state index in [-0.39, 0.29) is 5.54 Å². The highest BCUT2D eigenvalue weighted by atomic mass is 19.1. The van der Waals surface area contributed by atoms with Gasteiger partial charge in [-0.3, -0.25) is 0 Å². The predicted molar refractivity (Wildman–Crippen MR) is 57.7 cm³/mol. The van der Waals surface area contributed by atoms with Gasteiger partial charge in [0.15, 0.2) is 0 Å². The molecule has 3 rings (SSSR count). The third-order valence-corrected chi connectivity index (χ3v) is 2.93. The van der Waals surface area contributed by atoms with Crippen LogP contribution in [0.3, 0.4) is 0 Å². The number of nitrogens with one attached hydrogen (secondary N) is 2. The van der Waals surface area contributed by atoms with Gasteiger partial charge in [-0.05, 0) is 32.6 Å². The van der Waals surface area contributed by atoms with Crippen LogP contribution in [0.2, 0.25) is 0 Å². The Morgan fingerprint density at radius 1 is 1.19 bits per heavy atom. The van der Waals surface area contributed by atoms with Crippen molar-refractivity contribution in [3.8, 4) is 0 Å². The fourth-order valence-electron chi connectivity index (χ4n) is 1.46. The lowest BCUT2D eigenvalue weighted by molar-refractivity contribution is 0.534. The zero-order valence-corrected chi connectivity index (χ0v) is 9.13. The molecule has 6 heteroatoms. The lowest BCUT2D eigenvalue weighted by atomic mass is 10.3.